The molecule has 1 aliphatic carbocycles. The van der Waals surface area contributed by atoms with Crippen molar-refractivity contribution >= 4 is 0 Å². The van der Waals surface area contributed by atoms with Gasteiger partial charge in [0, 0.05) is 12.4 Å². The lowest BCUT2D eigenvalue weighted by atomic mass is 10.0. The third-order valence-electron chi connectivity index (χ3n) is 2.79. The number of aromatic nitrogens is 2. The Kier molecular flexibility index (Phi) is 2.13. The summed E-state index contributed by atoms with van der Waals surface area (Å²) in [6.45, 7) is 0.796. The summed E-state index contributed by atoms with van der Waals surface area (Å²) in [5, 5.41) is 4.26. The van der Waals surface area contributed by atoms with Crippen LogP contribution in [0.3, 0.4) is 0 Å². The van der Waals surface area contributed by atoms with Gasteiger partial charge in [0.25, 0.3) is 0 Å². The van der Waals surface area contributed by atoms with E-state index in [1.165, 1.54) is 19.3 Å². The van der Waals surface area contributed by atoms with Gasteiger partial charge in [-0.05, 0) is 31.4 Å². The van der Waals surface area contributed by atoms with Gasteiger partial charge < -0.3 is 5.73 Å². The maximum absolute atomic E-state index is 5.69. The lowest BCUT2D eigenvalue weighted by molar-refractivity contribution is 0.358. The van der Waals surface area contributed by atoms with E-state index in [9.17, 15) is 0 Å². The summed E-state index contributed by atoms with van der Waals surface area (Å²) in [7, 11) is 0. The van der Waals surface area contributed by atoms with E-state index in [-0.39, 0.29) is 0 Å². The van der Waals surface area contributed by atoms with Gasteiger partial charge in [0.1, 0.15) is 0 Å². The molecular weight excluding hydrogens is 150 g/mol. The molecule has 1 aromatic heterocycles. The third-order valence-corrected chi connectivity index (χ3v) is 2.79. The zero-order valence-electron chi connectivity index (χ0n) is 7.19. The van der Waals surface area contributed by atoms with E-state index in [0.29, 0.717) is 12.0 Å². The summed E-state index contributed by atoms with van der Waals surface area (Å²) in [6.07, 6.45) is 7.68. The molecule has 2 unspecified atom stereocenters. The highest BCUT2D eigenvalue weighted by Crippen LogP contribution is 2.34. The molecule has 1 saturated carbocycles. The second-order valence-corrected chi connectivity index (χ2v) is 3.48. The van der Waals surface area contributed by atoms with Crippen LogP contribution in [0.15, 0.2) is 18.5 Å². The first-order valence-electron chi connectivity index (χ1n) is 4.61. The van der Waals surface area contributed by atoms with Gasteiger partial charge in [-0.1, -0.05) is 6.42 Å². The molecule has 1 heterocycles. The van der Waals surface area contributed by atoms with Crippen molar-refractivity contribution in [3.63, 3.8) is 0 Å². The Labute approximate surface area is 72.6 Å². The van der Waals surface area contributed by atoms with Crippen LogP contribution in [0, 0.1) is 5.92 Å². The van der Waals surface area contributed by atoms with Gasteiger partial charge in [-0.2, -0.15) is 5.10 Å². The molecule has 0 radical (unpaired) electrons. The van der Waals surface area contributed by atoms with Crippen LogP contribution in [-0.2, 0) is 0 Å². The molecule has 2 N–H and O–H groups in total. The average molecular weight is 165 g/mol. The number of hydrogen-bond donors (Lipinski definition) is 1. The fourth-order valence-electron chi connectivity index (χ4n) is 2.12. The molecule has 0 aliphatic heterocycles. The molecule has 66 valence electrons. The van der Waals surface area contributed by atoms with Crippen LogP contribution in [0.5, 0.6) is 0 Å². The second kappa shape index (κ2) is 3.27. The summed E-state index contributed by atoms with van der Waals surface area (Å²) in [5.41, 5.74) is 5.69. The average Bonchev–Trinajstić information content (AvgIpc) is 2.74. The van der Waals surface area contributed by atoms with E-state index in [0.717, 1.165) is 6.54 Å². The highest BCUT2D eigenvalue weighted by Gasteiger charge is 2.27. The van der Waals surface area contributed by atoms with E-state index in [2.05, 4.69) is 9.78 Å². The van der Waals surface area contributed by atoms with Crippen LogP contribution in [0.1, 0.15) is 25.3 Å². The van der Waals surface area contributed by atoms with E-state index in [1.807, 2.05) is 18.5 Å². The maximum atomic E-state index is 5.69. The first-order chi connectivity index (χ1) is 5.92. The molecule has 1 aromatic rings. The van der Waals surface area contributed by atoms with E-state index < -0.39 is 0 Å². The van der Waals surface area contributed by atoms with Gasteiger partial charge >= 0.3 is 0 Å². The fraction of sp³-hybridized carbons (Fsp3) is 0.667. The van der Waals surface area contributed by atoms with Gasteiger partial charge in [-0.25, -0.2) is 0 Å². The smallest absolute Gasteiger partial charge is 0.0559 e. The van der Waals surface area contributed by atoms with Crippen LogP contribution in [0.25, 0.3) is 0 Å². The molecule has 0 amide bonds. The second-order valence-electron chi connectivity index (χ2n) is 3.48. The van der Waals surface area contributed by atoms with Crippen LogP contribution >= 0.6 is 0 Å². The van der Waals surface area contributed by atoms with Crippen LogP contribution in [0.4, 0.5) is 0 Å². The quantitative estimate of drug-likeness (QED) is 0.715. The molecule has 12 heavy (non-hydrogen) atoms. The van der Waals surface area contributed by atoms with Crippen LogP contribution in [-0.4, -0.2) is 16.3 Å². The molecule has 0 saturated heterocycles. The lowest BCUT2D eigenvalue weighted by Crippen LogP contribution is -2.21. The van der Waals surface area contributed by atoms with Crippen molar-refractivity contribution in [1.29, 1.82) is 0 Å². The molecule has 2 rings (SSSR count). The van der Waals surface area contributed by atoms with Crippen LogP contribution in [0.2, 0.25) is 0 Å². The number of nitrogens with two attached hydrogens (primary N) is 1. The fourth-order valence-corrected chi connectivity index (χ4v) is 2.12. The summed E-state index contributed by atoms with van der Waals surface area (Å²) in [4.78, 5) is 0. The minimum Gasteiger partial charge on any atom is -0.330 e. The Morgan fingerprint density at radius 1 is 1.50 bits per heavy atom. The largest absolute Gasteiger partial charge is 0.330 e. The van der Waals surface area contributed by atoms with Crippen molar-refractivity contribution < 1.29 is 0 Å². The van der Waals surface area contributed by atoms with Crippen molar-refractivity contribution in [1.82, 2.24) is 9.78 Å². The summed E-state index contributed by atoms with van der Waals surface area (Å²) in [6, 6.07) is 2.54. The number of rotatable bonds is 2. The molecule has 0 spiro atoms. The highest BCUT2D eigenvalue weighted by atomic mass is 15.3. The van der Waals surface area contributed by atoms with Crippen molar-refractivity contribution in [2.45, 2.75) is 25.3 Å². The van der Waals surface area contributed by atoms with Gasteiger partial charge in [0.2, 0.25) is 0 Å². The van der Waals surface area contributed by atoms with Crippen LogP contribution < -0.4 is 5.73 Å². The third kappa shape index (κ3) is 1.25. The zero-order valence-corrected chi connectivity index (χ0v) is 7.19. The maximum Gasteiger partial charge on any atom is 0.0559 e. The Balaban J connectivity index is 2.13. The van der Waals surface area contributed by atoms with Crippen molar-refractivity contribution in [3.05, 3.63) is 18.5 Å². The molecule has 1 aliphatic rings. The molecule has 0 bridgehead atoms. The number of nitrogens with zero attached hydrogens (tertiary/aromatic N) is 2. The molecule has 3 nitrogen and oxygen atoms in total. The lowest BCUT2D eigenvalue weighted by Gasteiger charge is -2.17. The SMILES string of the molecule is NCC1CCCC1n1cccn1. The Morgan fingerprint density at radius 3 is 3.08 bits per heavy atom. The Hall–Kier alpha value is -0.830. The van der Waals surface area contributed by atoms with Crippen molar-refractivity contribution in [3.8, 4) is 0 Å². The highest BCUT2D eigenvalue weighted by molar-refractivity contribution is 4.87. The molecular formula is C9H15N3. The standard InChI is InChI=1S/C9H15N3/c10-7-8-3-1-4-9(8)12-6-2-5-11-12/h2,5-6,8-9H,1,3-4,7,10H2. The summed E-state index contributed by atoms with van der Waals surface area (Å²) >= 11 is 0. The first kappa shape index (κ1) is 7.80. The van der Waals surface area contributed by atoms with Gasteiger partial charge in [0.15, 0.2) is 0 Å². The minimum absolute atomic E-state index is 0.560. The van der Waals surface area contributed by atoms with Gasteiger partial charge in [0.05, 0.1) is 6.04 Å². The summed E-state index contributed by atoms with van der Waals surface area (Å²) in [5.74, 6) is 0.643. The predicted octanol–water partition coefficient (Wildman–Crippen LogP) is 1.18. The first-order valence-corrected chi connectivity index (χ1v) is 4.61. The molecule has 3 heteroatoms. The van der Waals surface area contributed by atoms with E-state index in [1.54, 1.807) is 0 Å². The Morgan fingerprint density at radius 2 is 2.42 bits per heavy atom. The molecule has 2 atom stereocenters. The monoisotopic (exact) mass is 165 g/mol. The van der Waals surface area contributed by atoms with Gasteiger partial charge in [-0.3, -0.25) is 4.68 Å². The Bertz CT molecular complexity index is 230. The normalized spacial score (nSPS) is 29.4. The number of hydrogen-bond acceptors (Lipinski definition) is 2. The van der Waals surface area contributed by atoms with E-state index >= 15 is 0 Å². The predicted molar refractivity (Wildman–Crippen MR) is 47.7 cm³/mol. The topological polar surface area (TPSA) is 43.8 Å². The molecule has 0 aromatic carbocycles. The molecule has 1 fully saturated rings. The zero-order chi connectivity index (χ0) is 8.39. The van der Waals surface area contributed by atoms with Crippen molar-refractivity contribution in [2.24, 2.45) is 11.7 Å². The summed E-state index contributed by atoms with van der Waals surface area (Å²) < 4.78 is 2.06. The van der Waals surface area contributed by atoms with E-state index in [4.69, 9.17) is 5.73 Å². The minimum atomic E-state index is 0.560. The van der Waals surface area contributed by atoms with Crippen molar-refractivity contribution in [2.75, 3.05) is 6.54 Å². The van der Waals surface area contributed by atoms with Gasteiger partial charge in [-0.15, -0.1) is 0 Å².